The number of hydrogen-bond acceptors (Lipinski definition) is 3. The van der Waals surface area contributed by atoms with Crippen LogP contribution in [0.5, 0.6) is 0 Å². The molecule has 0 aromatic heterocycles. The van der Waals surface area contributed by atoms with Crippen LogP contribution in [-0.2, 0) is 0 Å². The van der Waals surface area contributed by atoms with E-state index in [1.807, 2.05) is 0 Å². The average Bonchev–Trinajstić information content (AvgIpc) is 1.96. The van der Waals surface area contributed by atoms with Crippen LogP contribution >= 0.6 is 0 Å². The summed E-state index contributed by atoms with van der Waals surface area (Å²) in [4.78, 5) is 2.14. The summed E-state index contributed by atoms with van der Waals surface area (Å²) >= 11 is 0. The van der Waals surface area contributed by atoms with E-state index in [-0.39, 0.29) is 11.7 Å². The van der Waals surface area contributed by atoms with Gasteiger partial charge < -0.3 is 10.8 Å². The van der Waals surface area contributed by atoms with Gasteiger partial charge in [0.05, 0.1) is 12.3 Å². The van der Waals surface area contributed by atoms with Crippen LogP contribution in [0, 0.1) is 0 Å². The molecule has 0 aliphatic carbocycles. The number of aliphatic hydroxyl groups is 1. The molecule has 2 unspecified atom stereocenters. The summed E-state index contributed by atoms with van der Waals surface area (Å²) in [5.41, 5.74) is 5.93. The molecule has 0 aromatic carbocycles. The Morgan fingerprint density at radius 2 is 1.85 bits per heavy atom. The van der Waals surface area contributed by atoms with Gasteiger partial charge in [0.2, 0.25) is 0 Å². The molecule has 0 spiro atoms. The molecule has 0 saturated heterocycles. The van der Waals surface area contributed by atoms with E-state index in [1.165, 1.54) is 0 Å². The monoisotopic (exact) mass is 188 g/mol. The zero-order valence-corrected chi connectivity index (χ0v) is 9.54. The Bertz CT molecular complexity index is 140. The van der Waals surface area contributed by atoms with E-state index in [9.17, 15) is 5.11 Å². The molecule has 0 saturated carbocycles. The standard InChI is InChI=1S/C10H24N2O/c1-6-7-12(10(3,4)5)9(11)8(2)13/h8-9,13H,6-7,11H2,1-5H3. The summed E-state index contributed by atoms with van der Waals surface area (Å²) in [6.07, 6.45) is 0.309. The lowest BCUT2D eigenvalue weighted by atomic mass is 10.0. The minimum atomic E-state index is -0.481. The molecule has 13 heavy (non-hydrogen) atoms. The van der Waals surface area contributed by atoms with Crippen molar-refractivity contribution in [1.82, 2.24) is 4.90 Å². The van der Waals surface area contributed by atoms with Crippen molar-refractivity contribution in [2.45, 2.75) is 58.8 Å². The van der Waals surface area contributed by atoms with Gasteiger partial charge in [-0.1, -0.05) is 6.92 Å². The first-order valence-corrected chi connectivity index (χ1v) is 5.01. The summed E-state index contributed by atoms with van der Waals surface area (Å²) in [5, 5.41) is 9.41. The van der Waals surface area contributed by atoms with Crippen LogP contribution in [-0.4, -0.2) is 34.4 Å². The van der Waals surface area contributed by atoms with Gasteiger partial charge in [0, 0.05) is 5.54 Å². The molecule has 0 fully saturated rings. The van der Waals surface area contributed by atoms with Gasteiger partial charge in [-0.25, -0.2) is 0 Å². The lowest BCUT2D eigenvalue weighted by molar-refractivity contribution is 0.00937. The molecular formula is C10H24N2O. The van der Waals surface area contributed by atoms with E-state index in [0.717, 1.165) is 13.0 Å². The summed E-state index contributed by atoms with van der Waals surface area (Å²) in [7, 11) is 0. The normalized spacial score (nSPS) is 17.5. The number of rotatable bonds is 4. The number of nitrogens with two attached hydrogens (primary N) is 1. The first kappa shape index (κ1) is 12.9. The Kier molecular flexibility index (Phi) is 4.89. The predicted octanol–water partition coefficient (Wildman–Crippen LogP) is 1.16. The fraction of sp³-hybridized carbons (Fsp3) is 1.00. The number of hydrogen-bond donors (Lipinski definition) is 2. The van der Waals surface area contributed by atoms with Gasteiger partial charge in [0.15, 0.2) is 0 Å². The second-order valence-electron chi connectivity index (χ2n) is 4.60. The molecule has 3 heteroatoms. The highest BCUT2D eigenvalue weighted by Crippen LogP contribution is 2.16. The summed E-state index contributed by atoms with van der Waals surface area (Å²) < 4.78 is 0. The van der Waals surface area contributed by atoms with Crippen molar-refractivity contribution in [3.63, 3.8) is 0 Å². The SMILES string of the molecule is CCCN(C(N)C(C)O)C(C)(C)C. The fourth-order valence-corrected chi connectivity index (χ4v) is 1.43. The second kappa shape index (κ2) is 4.94. The highest BCUT2D eigenvalue weighted by Gasteiger charge is 2.28. The van der Waals surface area contributed by atoms with Crippen molar-refractivity contribution in [2.24, 2.45) is 5.73 Å². The summed E-state index contributed by atoms with van der Waals surface area (Å²) in [6, 6.07) is 0. The third-order valence-electron chi connectivity index (χ3n) is 2.18. The van der Waals surface area contributed by atoms with Crippen molar-refractivity contribution in [1.29, 1.82) is 0 Å². The second-order valence-corrected chi connectivity index (χ2v) is 4.60. The molecule has 0 amide bonds. The van der Waals surface area contributed by atoms with Crippen LogP contribution in [0.1, 0.15) is 41.0 Å². The van der Waals surface area contributed by atoms with E-state index >= 15 is 0 Å². The van der Waals surface area contributed by atoms with Crippen molar-refractivity contribution in [2.75, 3.05) is 6.54 Å². The largest absolute Gasteiger partial charge is 0.390 e. The molecule has 0 aromatic rings. The molecule has 80 valence electrons. The Morgan fingerprint density at radius 1 is 1.38 bits per heavy atom. The first-order chi connectivity index (χ1) is 5.80. The lowest BCUT2D eigenvalue weighted by Crippen LogP contribution is -2.56. The molecular weight excluding hydrogens is 164 g/mol. The first-order valence-electron chi connectivity index (χ1n) is 5.01. The topological polar surface area (TPSA) is 49.5 Å². The van der Waals surface area contributed by atoms with Crippen LogP contribution in [0.4, 0.5) is 0 Å². The molecule has 0 bridgehead atoms. The van der Waals surface area contributed by atoms with Crippen LogP contribution < -0.4 is 5.73 Å². The third kappa shape index (κ3) is 4.07. The molecule has 3 N–H and O–H groups in total. The van der Waals surface area contributed by atoms with Crippen LogP contribution in [0.3, 0.4) is 0 Å². The van der Waals surface area contributed by atoms with Gasteiger partial charge in [0.1, 0.15) is 0 Å². The molecule has 2 atom stereocenters. The highest BCUT2D eigenvalue weighted by atomic mass is 16.3. The highest BCUT2D eigenvalue weighted by molar-refractivity contribution is 4.82. The quantitative estimate of drug-likeness (QED) is 0.651. The number of aliphatic hydroxyl groups excluding tert-OH is 1. The zero-order chi connectivity index (χ0) is 10.6. The summed E-state index contributed by atoms with van der Waals surface area (Å²) in [6.45, 7) is 11.1. The van der Waals surface area contributed by atoms with Gasteiger partial charge in [-0.2, -0.15) is 0 Å². The van der Waals surface area contributed by atoms with Crippen LogP contribution in [0.15, 0.2) is 0 Å². The van der Waals surface area contributed by atoms with E-state index < -0.39 is 6.10 Å². The molecule has 0 aliphatic rings. The molecule has 0 radical (unpaired) electrons. The Labute approximate surface area is 81.9 Å². The number of nitrogens with zero attached hydrogens (tertiary/aromatic N) is 1. The van der Waals surface area contributed by atoms with Crippen LogP contribution in [0.25, 0.3) is 0 Å². The molecule has 0 aliphatic heterocycles. The van der Waals surface area contributed by atoms with E-state index in [4.69, 9.17) is 5.73 Å². The van der Waals surface area contributed by atoms with Crippen molar-refractivity contribution in [3.05, 3.63) is 0 Å². The van der Waals surface area contributed by atoms with Gasteiger partial charge in [-0.05, 0) is 40.7 Å². The fourth-order valence-electron chi connectivity index (χ4n) is 1.43. The minimum Gasteiger partial charge on any atom is -0.390 e. The lowest BCUT2D eigenvalue weighted by Gasteiger charge is -2.41. The Morgan fingerprint density at radius 3 is 2.08 bits per heavy atom. The molecule has 3 nitrogen and oxygen atoms in total. The van der Waals surface area contributed by atoms with Gasteiger partial charge in [-0.3, -0.25) is 4.90 Å². The maximum Gasteiger partial charge on any atom is 0.0841 e. The maximum absolute atomic E-state index is 9.41. The van der Waals surface area contributed by atoms with E-state index in [2.05, 4.69) is 32.6 Å². The summed E-state index contributed by atoms with van der Waals surface area (Å²) in [5.74, 6) is 0. The average molecular weight is 188 g/mol. The van der Waals surface area contributed by atoms with Crippen molar-refractivity contribution >= 4 is 0 Å². The third-order valence-corrected chi connectivity index (χ3v) is 2.18. The maximum atomic E-state index is 9.41. The predicted molar refractivity (Wildman–Crippen MR) is 56.4 cm³/mol. The van der Waals surface area contributed by atoms with Crippen molar-refractivity contribution < 1.29 is 5.11 Å². The van der Waals surface area contributed by atoms with Gasteiger partial charge in [-0.15, -0.1) is 0 Å². The molecule has 0 rings (SSSR count). The van der Waals surface area contributed by atoms with Gasteiger partial charge in [0.25, 0.3) is 0 Å². The van der Waals surface area contributed by atoms with Crippen molar-refractivity contribution in [3.8, 4) is 0 Å². The molecule has 0 heterocycles. The Balaban J connectivity index is 4.41. The Hall–Kier alpha value is -0.120. The zero-order valence-electron chi connectivity index (χ0n) is 9.54. The van der Waals surface area contributed by atoms with Gasteiger partial charge >= 0.3 is 0 Å². The minimum absolute atomic E-state index is 0.0203. The van der Waals surface area contributed by atoms with E-state index in [1.54, 1.807) is 6.92 Å². The van der Waals surface area contributed by atoms with Crippen LogP contribution in [0.2, 0.25) is 0 Å². The van der Waals surface area contributed by atoms with E-state index in [0.29, 0.717) is 0 Å². The smallest absolute Gasteiger partial charge is 0.0841 e.